The third-order valence-corrected chi connectivity index (χ3v) is 6.71. The van der Waals surface area contributed by atoms with E-state index in [0.717, 1.165) is 18.3 Å². The molecule has 32 heavy (non-hydrogen) atoms. The highest BCUT2D eigenvalue weighted by Crippen LogP contribution is 2.33. The predicted molar refractivity (Wildman–Crippen MR) is 111 cm³/mol. The maximum atomic E-state index is 13.0. The number of hydrogen-bond donors (Lipinski definition) is 0. The molecule has 3 aromatic heterocycles. The number of fused-ring (bicyclic) bond motifs is 1. The molecule has 0 atom stereocenters. The van der Waals surface area contributed by atoms with Crippen LogP contribution in [0, 0.1) is 0 Å². The highest BCUT2D eigenvalue weighted by atomic mass is 32.2. The summed E-state index contributed by atoms with van der Waals surface area (Å²) in [5.74, 6) is -1.30. The second-order valence-corrected chi connectivity index (χ2v) is 11.9. The molecular formula is C18H18F3N5O4S2. The van der Waals surface area contributed by atoms with Crippen molar-refractivity contribution in [3.8, 4) is 11.5 Å². The average molecular weight is 490 g/mol. The summed E-state index contributed by atoms with van der Waals surface area (Å²) in [6.07, 6.45) is -0.428. The second-order valence-electron chi connectivity index (χ2n) is 7.11. The molecule has 1 amide bonds. The largest absolute Gasteiger partial charge is 0.417 e. The zero-order valence-electron chi connectivity index (χ0n) is 17.3. The molecule has 3 rings (SSSR count). The number of pyridine rings is 2. The Morgan fingerprint density at radius 2 is 1.78 bits per heavy atom. The summed E-state index contributed by atoms with van der Waals surface area (Å²) in [7, 11) is -5.29. The molecule has 0 radical (unpaired) electrons. The third kappa shape index (κ3) is 4.65. The SMILES string of the molecule is CCS(=O)(=O)c1cc(C(=O)N=S(C)(C)=O)cnc1-c1nc2cc(C(F)(F)F)cnc2n1C. The lowest BCUT2D eigenvalue weighted by molar-refractivity contribution is -0.137. The van der Waals surface area contributed by atoms with Crippen molar-refractivity contribution in [1.82, 2.24) is 19.5 Å². The number of aromatic nitrogens is 4. The van der Waals surface area contributed by atoms with E-state index in [1.54, 1.807) is 0 Å². The Bertz CT molecular complexity index is 1460. The average Bonchev–Trinajstić information content (AvgIpc) is 3.01. The minimum Gasteiger partial charge on any atom is -0.310 e. The van der Waals surface area contributed by atoms with E-state index in [1.807, 2.05) is 0 Å². The van der Waals surface area contributed by atoms with Gasteiger partial charge >= 0.3 is 6.18 Å². The van der Waals surface area contributed by atoms with Crippen LogP contribution in [0.15, 0.2) is 33.8 Å². The lowest BCUT2D eigenvalue weighted by Gasteiger charge is -2.10. The quantitative estimate of drug-likeness (QED) is 0.552. The zero-order valence-corrected chi connectivity index (χ0v) is 19.0. The van der Waals surface area contributed by atoms with Crippen LogP contribution < -0.4 is 0 Å². The van der Waals surface area contributed by atoms with Crippen molar-refractivity contribution in [3.63, 3.8) is 0 Å². The van der Waals surface area contributed by atoms with E-state index < -0.39 is 37.2 Å². The molecule has 3 heterocycles. The van der Waals surface area contributed by atoms with Gasteiger partial charge in [-0.25, -0.2) is 22.6 Å². The number of nitrogens with zero attached hydrogens (tertiary/aromatic N) is 5. The van der Waals surface area contributed by atoms with Gasteiger partial charge in [0.1, 0.15) is 11.2 Å². The Hall–Kier alpha value is -2.87. The number of alkyl halides is 3. The fraction of sp³-hybridized carbons (Fsp3) is 0.333. The van der Waals surface area contributed by atoms with E-state index in [4.69, 9.17) is 0 Å². The molecule has 3 aromatic rings. The van der Waals surface area contributed by atoms with Gasteiger partial charge in [-0.05, 0) is 12.1 Å². The minimum atomic E-state index is -4.63. The van der Waals surface area contributed by atoms with Gasteiger partial charge in [-0.2, -0.15) is 17.5 Å². The molecule has 0 aliphatic carbocycles. The number of carbonyl (C=O) groups is 1. The summed E-state index contributed by atoms with van der Waals surface area (Å²) in [4.78, 5) is 23.9. The van der Waals surface area contributed by atoms with E-state index in [9.17, 15) is 30.6 Å². The van der Waals surface area contributed by atoms with Crippen LogP contribution in [0.3, 0.4) is 0 Å². The fourth-order valence-electron chi connectivity index (χ4n) is 2.82. The van der Waals surface area contributed by atoms with Gasteiger partial charge in [-0.3, -0.25) is 9.78 Å². The second kappa shape index (κ2) is 7.92. The molecule has 0 bridgehead atoms. The van der Waals surface area contributed by atoms with Gasteiger partial charge in [0.2, 0.25) is 0 Å². The Morgan fingerprint density at radius 3 is 2.34 bits per heavy atom. The van der Waals surface area contributed by atoms with Crippen molar-refractivity contribution in [3.05, 3.63) is 35.7 Å². The summed E-state index contributed by atoms with van der Waals surface area (Å²) in [6.45, 7) is 1.38. The maximum Gasteiger partial charge on any atom is 0.417 e. The Labute approximate surface area is 181 Å². The van der Waals surface area contributed by atoms with Crippen molar-refractivity contribution >= 4 is 36.6 Å². The first-order valence-corrected chi connectivity index (χ1v) is 13.0. The molecule has 0 spiro atoms. The Morgan fingerprint density at radius 1 is 1.12 bits per heavy atom. The fourth-order valence-corrected chi connectivity index (χ4v) is 4.38. The first-order chi connectivity index (χ1) is 14.6. The van der Waals surface area contributed by atoms with Crippen LogP contribution in [0.1, 0.15) is 22.8 Å². The molecule has 9 nitrogen and oxygen atoms in total. The van der Waals surface area contributed by atoms with Gasteiger partial charge in [-0.15, -0.1) is 0 Å². The van der Waals surface area contributed by atoms with Gasteiger partial charge in [0.15, 0.2) is 21.3 Å². The van der Waals surface area contributed by atoms with Gasteiger partial charge in [0, 0.05) is 41.7 Å². The molecule has 0 aliphatic heterocycles. The summed E-state index contributed by atoms with van der Waals surface area (Å²) in [6, 6.07) is 1.85. The van der Waals surface area contributed by atoms with Crippen molar-refractivity contribution in [1.29, 1.82) is 0 Å². The van der Waals surface area contributed by atoms with Crippen LogP contribution >= 0.6 is 0 Å². The van der Waals surface area contributed by atoms with Crippen molar-refractivity contribution in [2.45, 2.75) is 18.0 Å². The first kappa shape index (κ1) is 23.8. The van der Waals surface area contributed by atoms with E-state index in [-0.39, 0.29) is 38.9 Å². The van der Waals surface area contributed by atoms with Crippen molar-refractivity contribution in [2.24, 2.45) is 11.4 Å². The molecule has 14 heteroatoms. The number of rotatable bonds is 4. The van der Waals surface area contributed by atoms with Crippen LogP contribution in [0.4, 0.5) is 13.2 Å². The summed E-state index contributed by atoms with van der Waals surface area (Å²) >= 11 is 0. The van der Waals surface area contributed by atoms with E-state index >= 15 is 0 Å². The molecule has 0 saturated carbocycles. The number of halogens is 3. The number of sulfone groups is 1. The van der Waals surface area contributed by atoms with Crippen molar-refractivity contribution in [2.75, 3.05) is 18.3 Å². The zero-order chi connectivity index (χ0) is 24.1. The van der Waals surface area contributed by atoms with Crippen LogP contribution in [-0.2, 0) is 32.8 Å². The lowest BCUT2D eigenvalue weighted by Crippen LogP contribution is -2.11. The topological polar surface area (TPSA) is 124 Å². The maximum absolute atomic E-state index is 13.0. The predicted octanol–water partition coefficient (Wildman–Crippen LogP) is 2.71. The van der Waals surface area contributed by atoms with Gasteiger partial charge in [-0.1, -0.05) is 6.92 Å². The molecule has 0 fully saturated rings. The smallest absolute Gasteiger partial charge is 0.310 e. The highest BCUT2D eigenvalue weighted by Gasteiger charge is 2.32. The normalized spacial score (nSPS) is 12.8. The first-order valence-electron chi connectivity index (χ1n) is 8.98. The van der Waals surface area contributed by atoms with E-state index in [0.29, 0.717) is 6.20 Å². The summed E-state index contributed by atoms with van der Waals surface area (Å²) in [5.41, 5.74) is -1.39. The molecule has 172 valence electrons. The molecule has 0 unspecified atom stereocenters. The third-order valence-electron chi connectivity index (χ3n) is 4.37. The number of amides is 1. The van der Waals surface area contributed by atoms with Crippen LogP contribution in [0.25, 0.3) is 22.7 Å². The molecular weight excluding hydrogens is 471 g/mol. The number of imidazole rings is 1. The van der Waals surface area contributed by atoms with Crippen LogP contribution in [0.5, 0.6) is 0 Å². The monoisotopic (exact) mass is 489 g/mol. The van der Waals surface area contributed by atoms with Crippen LogP contribution in [0.2, 0.25) is 0 Å². The molecule has 0 aromatic carbocycles. The number of aryl methyl sites for hydroxylation is 1. The Kier molecular flexibility index (Phi) is 5.89. The standard InChI is InChI=1S/C18H18F3N5O4S2/c1-5-32(29,30)13-6-10(17(27)25-31(3,4)28)8-22-14(13)16-24-12-7-11(18(19,20)21)9-23-15(12)26(16)2/h6-9H,5H2,1-4H3. The van der Waals surface area contributed by atoms with E-state index in [2.05, 4.69) is 19.3 Å². The van der Waals surface area contributed by atoms with Gasteiger partial charge in [0.05, 0.1) is 21.8 Å². The van der Waals surface area contributed by atoms with E-state index in [1.165, 1.54) is 31.1 Å². The summed E-state index contributed by atoms with van der Waals surface area (Å²) < 4.78 is 81.2. The molecule has 0 N–H and O–H groups in total. The summed E-state index contributed by atoms with van der Waals surface area (Å²) in [5, 5.41) is 0. The molecule has 0 aliphatic rings. The lowest BCUT2D eigenvalue weighted by atomic mass is 10.2. The Balaban J connectivity index is 2.27. The molecule has 0 saturated heterocycles. The highest BCUT2D eigenvalue weighted by molar-refractivity contribution is 7.92. The van der Waals surface area contributed by atoms with Gasteiger partial charge < -0.3 is 4.57 Å². The number of carbonyl (C=O) groups excluding carboxylic acids is 1. The minimum absolute atomic E-state index is 0.0513. The van der Waals surface area contributed by atoms with Crippen LogP contribution in [-0.4, -0.2) is 56.3 Å². The number of hydrogen-bond acceptors (Lipinski definition) is 7. The van der Waals surface area contributed by atoms with Gasteiger partial charge in [0.25, 0.3) is 5.91 Å². The van der Waals surface area contributed by atoms with Crippen molar-refractivity contribution < 1.29 is 30.6 Å².